The summed E-state index contributed by atoms with van der Waals surface area (Å²) in [6.45, 7) is 1.73. The molecule has 1 aliphatic carbocycles. The van der Waals surface area contributed by atoms with E-state index in [1.807, 2.05) is 17.1 Å². The summed E-state index contributed by atoms with van der Waals surface area (Å²) in [5.74, 6) is -0.174. The van der Waals surface area contributed by atoms with Crippen LogP contribution in [0, 0.1) is 0 Å². The van der Waals surface area contributed by atoms with Gasteiger partial charge in [0.2, 0.25) is 0 Å². The second-order valence-electron chi connectivity index (χ2n) is 7.91. The van der Waals surface area contributed by atoms with Crippen LogP contribution in [-0.4, -0.2) is 33.8 Å². The van der Waals surface area contributed by atoms with Gasteiger partial charge in [-0.05, 0) is 56.4 Å². The third-order valence-electron chi connectivity index (χ3n) is 5.82. The van der Waals surface area contributed by atoms with E-state index in [-0.39, 0.29) is 5.91 Å². The van der Waals surface area contributed by atoms with Crippen molar-refractivity contribution in [3.05, 3.63) is 54.8 Å². The Balaban J connectivity index is 1.65. The molecule has 0 spiro atoms. The maximum absolute atomic E-state index is 13.3. The maximum atomic E-state index is 13.3. The fourth-order valence-corrected chi connectivity index (χ4v) is 6.19. The summed E-state index contributed by atoms with van der Waals surface area (Å²) < 4.78 is 2.51. The van der Waals surface area contributed by atoms with Crippen LogP contribution in [0.2, 0.25) is 14.4 Å². The standard InChI is InChI=1S/C22H21Cl3N4OS/c23-13-7-8-17(16(24)11-13)29-21-14(5-4-6-18-15(21)12-19(25)31-18)20(26-29)22(30)27-28-9-2-1-3-10-28/h7-8,11-12H,1-6,9-10H2,(H,27,30). The molecule has 1 aliphatic heterocycles. The normalized spacial score (nSPS) is 16.5. The van der Waals surface area contributed by atoms with E-state index in [4.69, 9.17) is 39.9 Å². The second kappa shape index (κ2) is 8.75. The van der Waals surface area contributed by atoms with Gasteiger partial charge in [-0.25, -0.2) is 9.69 Å². The molecule has 3 heterocycles. The van der Waals surface area contributed by atoms with E-state index < -0.39 is 0 Å². The molecular weight excluding hydrogens is 475 g/mol. The zero-order valence-electron chi connectivity index (χ0n) is 16.8. The lowest BCUT2D eigenvalue weighted by Gasteiger charge is -2.26. The SMILES string of the molecule is O=C(NN1CCCCC1)c1nn(-c2ccc(Cl)cc2Cl)c2c1CCCc1sc(Cl)cc1-2. The summed E-state index contributed by atoms with van der Waals surface area (Å²) in [6, 6.07) is 7.28. The van der Waals surface area contributed by atoms with Gasteiger partial charge in [-0.15, -0.1) is 11.3 Å². The van der Waals surface area contributed by atoms with Crippen molar-refractivity contribution >= 4 is 52.0 Å². The number of nitrogens with one attached hydrogen (secondary N) is 1. The highest BCUT2D eigenvalue weighted by molar-refractivity contribution is 7.16. The number of halogens is 3. The van der Waals surface area contributed by atoms with Crippen molar-refractivity contribution in [2.75, 3.05) is 13.1 Å². The summed E-state index contributed by atoms with van der Waals surface area (Å²) in [6.07, 6.45) is 5.99. The number of aromatic nitrogens is 2. The lowest BCUT2D eigenvalue weighted by molar-refractivity contribution is 0.0743. The molecule has 0 unspecified atom stereocenters. The zero-order valence-corrected chi connectivity index (χ0v) is 19.8. The second-order valence-corrected chi connectivity index (χ2v) is 10.5. The molecule has 31 heavy (non-hydrogen) atoms. The number of piperidine rings is 1. The quantitative estimate of drug-likeness (QED) is 0.472. The Morgan fingerprint density at radius 2 is 1.84 bits per heavy atom. The minimum Gasteiger partial charge on any atom is -0.283 e. The van der Waals surface area contributed by atoms with Crippen molar-refractivity contribution in [1.82, 2.24) is 20.2 Å². The molecule has 1 amide bonds. The topological polar surface area (TPSA) is 50.2 Å². The van der Waals surface area contributed by atoms with E-state index in [1.165, 1.54) is 11.3 Å². The Hall–Kier alpha value is -1.57. The summed E-state index contributed by atoms with van der Waals surface area (Å²) >= 11 is 20.6. The van der Waals surface area contributed by atoms with Gasteiger partial charge in [-0.2, -0.15) is 5.10 Å². The van der Waals surface area contributed by atoms with Gasteiger partial charge in [0.1, 0.15) is 0 Å². The zero-order chi connectivity index (χ0) is 21.5. The lowest BCUT2D eigenvalue weighted by atomic mass is 10.1. The van der Waals surface area contributed by atoms with Gasteiger partial charge >= 0.3 is 0 Å². The van der Waals surface area contributed by atoms with Crippen molar-refractivity contribution in [2.45, 2.75) is 38.5 Å². The van der Waals surface area contributed by atoms with Gasteiger partial charge in [0.05, 0.1) is 20.7 Å². The fourth-order valence-electron chi connectivity index (χ4n) is 4.38. The molecule has 5 nitrogen and oxygen atoms in total. The highest BCUT2D eigenvalue weighted by atomic mass is 35.5. The Morgan fingerprint density at radius 1 is 1.03 bits per heavy atom. The largest absolute Gasteiger partial charge is 0.286 e. The molecular formula is C22H21Cl3N4OS. The van der Waals surface area contributed by atoms with Crippen molar-refractivity contribution in [2.24, 2.45) is 0 Å². The molecule has 0 saturated carbocycles. The van der Waals surface area contributed by atoms with Crippen LogP contribution in [0.25, 0.3) is 16.9 Å². The van der Waals surface area contributed by atoms with Crippen LogP contribution in [0.3, 0.4) is 0 Å². The number of hydrogen-bond acceptors (Lipinski definition) is 4. The van der Waals surface area contributed by atoms with E-state index in [0.717, 1.165) is 66.4 Å². The highest BCUT2D eigenvalue weighted by Gasteiger charge is 2.30. The Bertz CT molecular complexity index is 1150. The van der Waals surface area contributed by atoms with E-state index in [9.17, 15) is 4.79 Å². The number of hydrogen-bond donors (Lipinski definition) is 1. The van der Waals surface area contributed by atoms with Gasteiger partial charge in [0.15, 0.2) is 5.69 Å². The van der Waals surface area contributed by atoms with E-state index in [2.05, 4.69) is 5.43 Å². The first-order chi connectivity index (χ1) is 15.0. The first-order valence-corrected chi connectivity index (χ1v) is 12.4. The molecule has 1 N–H and O–H groups in total. The molecule has 1 aromatic carbocycles. The molecule has 9 heteroatoms. The number of hydrazine groups is 1. The average molecular weight is 496 g/mol. The molecule has 0 bridgehead atoms. The monoisotopic (exact) mass is 494 g/mol. The van der Waals surface area contributed by atoms with Gasteiger partial charge in [-0.1, -0.05) is 41.2 Å². The lowest BCUT2D eigenvalue weighted by Crippen LogP contribution is -2.45. The highest BCUT2D eigenvalue weighted by Crippen LogP contribution is 2.42. The predicted octanol–water partition coefficient (Wildman–Crippen LogP) is 6.18. The first kappa shape index (κ1) is 21.3. The minimum atomic E-state index is -0.174. The molecule has 0 radical (unpaired) electrons. The number of thiophene rings is 1. The summed E-state index contributed by atoms with van der Waals surface area (Å²) in [5.41, 5.74) is 7.06. The molecule has 2 aromatic heterocycles. The third-order valence-corrected chi connectivity index (χ3v) is 7.68. The third kappa shape index (κ3) is 4.12. The van der Waals surface area contributed by atoms with Crippen molar-refractivity contribution in [1.29, 1.82) is 0 Å². The first-order valence-electron chi connectivity index (χ1n) is 10.4. The van der Waals surface area contributed by atoms with Gasteiger partial charge in [0, 0.05) is 34.1 Å². The number of aryl methyl sites for hydroxylation is 1. The minimum absolute atomic E-state index is 0.174. The van der Waals surface area contributed by atoms with Gasteiger partial charge < -0.3 is 0 Å². The van der Waals surface area contributed by atoms with Crippen molar-refractivity contribution in [3.63, 3.8) is 0 Å². The summed E-state index contributed by atoms with van der Waals surface area (Å²) in [7, 11) is 0. The summed E-state index contributed by atoms with van der Waals surface area (Å²) in [4.78, 5) is 14.5. The van der Waals surface area contributed by atoms with Gasteiger partial charge in [-0.3, -0.25) is 10.2 Å². The average Bonchev–Trinajstić information content (AvgIpc) is 3.24. The number of benzene rings is 1. The molecule has 3 aromatic rings. The van der Waals surface area contributed by atoms with Crippen LogP contribution in [0.4, 0.5) is 0 Å². The smallest absolute Gasteiger partial charge is 0.283 e. The fraction of sp³-hybridized carbons (Fsp3) is 0.364. The van der Waals surface area contributed by atoms with Crippen LogP contribution in [-0.2, 0) is 12.8 Å². The number of carbonyl (C=O) groups is 1. The van der Waals surface area contributed by atoms with E-state index in [0.29, 0.717) is 21.4 Å². The van der Waals surface area contributed by atoms with E-state index >= 15 is 0 Å². The Kier molecular flexibility index (Phi) is 6.01. The van der Waals surface area contributed by atoms with Crippen LogP contribution < -0.4 is 5.43 Å². The molecule has 1 fully saturated rings. The van der Waals surface area contributed by atoms with Crippen LogP contribution >= 0.6 is 46.1 Å². The van der Waals surface area contributed by atoms with Crippen molar-refractivity contribution in [3.8, 4) is 16.9 Å². The molecule has 1 saturated heterocycles. The van der Waals surface area contributed by atoms with Crippen molar-refractivity contribution < 1.29 is 4.79 Å². The summed E-state index contributed by atoms with van der Waals surface area (Å²) in [5, 5.41) is 7.81. The predicted molar refractivity (Wildman–Crippen MR) is 127 cm³/mol. The number of nitrogens with zero attached hydrogens (tertiary/aromatic N) is 3. The molecule has 5 rings (SSSR count). The number of rotatable bonds is 3. The maximum Gasteiger partial charge on any atom is 0.286 e. The molecule has 0 atom stereocenters. The van der Waals surface area contributed by atoms with E-state index in [1.54, 1.807) is 28.2 Å². The molecule has 162 valence electrons. The molecule has 2 aliphatic rings. The number of carbonyl (C=O) groups excluding carboxylic acids is 1. The Morgan fingerprint density at radius 3 is 2.61 bits per heavy atom. The van der Waals surface area contributed by atoms with Crippen LogP contribution in [0.15, 0.2) is 24.3 Å². The van der Waals surface area contributed by atoms with Crippen LogP contribution in [0.1, 0.15) is 46.6 Å². The number of amides is 1. The van der Waals surface area contributed by atoms with Gasteiger partial charge in [0.25, 0.3) is 5.91 Å². The van der Waals surface area contributed by atoms with Crippen LogP contribution in [0.5, 0.6) is 0 Å². The number of fused-ring (bicyclic) bond motifs is 3. The Labute approximate surface area is 199 Å².